The quantitative estimate of drug-likeness (QED) is 0.311. The molecule has 0 fully saturated rings. The minimum atomic E-state index is -0.760. The number of carbonyl (C=O) groups is 1. The molecule has 0 aliphatic carbocycles. The van der Waals surface area contributed by atoms with E-state index in [0.717, 1.165) is 29.9 Å². The average molecular weight is 603 g/mol. The number of allylic oxidation sites excluding steroid dienone is 1. The van der Waals surface area contributed by atoms with Gasteiger partial charge >= 0.3 is 5.97 Å². The van der Waals surface area contributed by atoms with Crippen molar-refractivity contribution < 1.29 is 18.7 Å². The van der Waals surface area contributed by atoms with Crippen LogP contribution in [0.5, 0.6) is 5.75 Å². The number of furan rings is 1. The lowest BCUT2D eigenvalue weighted by atomic mass is 9.93. The number of methoxy groups -OCH3 is 1. The van der Waals surface area contributed by atoms with Gasteiger partial charge in [0.05, 0.1) is 29.5 Å². The molecule has 0 spiro atoms. The van der Waals surface area contributed by atoms with Crippen LogP contribution < -0.4 is 24.5 Å². The lowest BCUT2D eigenvalue weighted by Crippen LogP contribution is -2.40. The summed E-state index contributed by atoms with van der Waals surface area (Å²) in [6.07, 6.45) is 3.08. The van der Waals surface area contributed by atoms with Crippen molar-refractivity contribution in [3.63, 3.8) is 0 Å². The minimum absolute atomic E-state index is 0.210. The fourth-order valence-electron chi connectivity index (χ4n) is 4.59. The predicted molar refractivity (Wildman–Crippen MR) is 153 cm³/mol. The van der Waals surface area contributed by atoms with E-state index in [9.17, 15) is 9.59 Å². The molecule has 202 valence electrons. The number of hydrogen-bond acceptors (Lipinski definition) is 8. The number of benzene rings is 1. The Morgan fingerprint density at radius 1 is 1.21 bits per heavy atom. The first kappa shape index (κ1) is 27.9. The summed E-state index contributed by atoms with van der Waals surface area (Å²) < 4.78 is 20.0. The summed E-state index contributed by atoms with van der Waals surface area (Å²) in [6.45, 7) is 9.76. The largest absolute Gasteiger partial charge is 0.496 e. The highest BCUT2D eigenvalue weighted by molar-refractivity contribution is 9.10. The average Bonchev–Trinajstić information content (AvgIpc) is 3.48. The number of nitrogens with zero attached hydrogens (tertiary/aromatic N) is 3. The molecule has 38 heavy (non-hydrogen) atoms. The number of fused-ring (bicyclic) bond motifs is 1. The van der Waals surface area contributed by atoms with Crippen LogP contribution in [-0.2, 0) is 9.53 Å². The Kier molecular flexibility index (Phi) is 8.94. The monoisotopic (exact) mass is 601 g/mol. The van der Waals surface area contributed by atoms with E-state index in [1.54, 1.807) is 24.7 Å². The maximum Gasteiger partial charge on any atom is 0.338 e. The Morgan fingerprint density at radius 3 is 2.63 bits per heavy atom. The smallest absolute Gasteiger partial charge is 0.338 e. The Hall–Kier alpha value is -3.11. The van der Waals surface area contributed by atoms with Gasteiger partial charge in [-0.05, 0) is 51.5 Å². The zero-order valence-corrected chi connectivity index (χ0v) is 24.6. The molecule has 1 atom stereocenters. The fourth-order valence-corrected chi connectivity index (χ4v) is 5.97. The molecule has 0 bridgehead atoms. The number of halogens is 1. The van der Waals surface area contributed by atoms with Gasteiger partial charge in [-0.25, -0.2) is 9.79 Å². The van der Waals surface area contributed by atoms with Gasteiger partial charge in [0.15, 0.2) is 10.7 Å². The van der Waals surface area contributed by atoms with Crippen molar-refractivity contribution in [1.29, 1.82) is 0 Å². The lowest BCUT2D eigenvalue weighted by molar-refractivity contribution is -0.139. The summed E-state index contributed by atoms with van der Waals surface area (Å²) in [7, 11) is 1.57. The van der Waals surface area contributed by atoms with E-state index in [-0.39, 0.29) is 12.2 Å². The van der Waals surface area contributed by atoms with Gasteiger partial charge in [-0.2, -0.15) is 0 Å². The maximum absolute atomic E-state index is 13.9. The SMILES string of the molecule is CCCC1=C(C(=O)OCC)[C@@H](c2cc(Br)ccc2OC)n2c(s/c(=C/c3ccc(N(CC)CC)o3)c2=O)=N1. The van der Waals surface area contributed by atoms with E-state index in [0.29, 0.717) is 44.1 Å². The first-order valence-electron chi connectivity index (χ1n) is 12.8. The van der Waals surface area contributed by atoms with Gasteiger partial charge in [-0.1, -0.05) is 40.6 Å². The van der Waals surface area contributed by atoms with Gasteiger partial charge in [0.2, 0.25) is 0 Å². The Balaban J connectivity index is 1.98. The zero-order valence-electron chi connectivity index (χ0n) is 22.2. The molecule has 0 radical (unpaired) electrons. The van der Waals surface area contributed by atoms with Gasteiger partial charge in [0.25, 0.3) is 5.56 Å². The van der Waals surface area contributed by atoms with Crippen molar-refractivity contribution in [2.45, 2.75) is 46.6 Å². The molecule has 1 aliphatic heterocycles. The Labute approximate surface area is 234 Å². The molecular formula is C28H32BrN3O5S. The summed E-state index contributed by atoms with van der Waals surface area (Å²) in [5.41, 5.74) is 1.38. The fraction of sp³-hybridized carbons (Fsp3) is 0.393. The molecular weight excluding hydrogens is 570 g/mol. The lowest BCUT2D eigenvalue weighted by Gasteiger charge is -2.27. The standard InChI is InChI=1S/C28H32BrN3O5S/c1-6-10-20-24(27(34)36-9-4)25(19-15-17(29)11-13-21(19)35-5)32-26(33)22(38-28(32)30-20)16-18-12-14-23(37-18)31(7-2)8-3/h11-16,25H,6-10H2,1-5H3/b22-16+/t25-/m1/s1. The molecule has 2 aromatic heterocycles. The molecule has 3 aromatic rings. The van der Waals surface area contributed by atoms with Crippen molar-refractivity contribution in [3.05, 3.63) is 77.1 Å². The minimum Gasteiger partial charge on any atom is -0.496 e. The highest BCUT2D eigenvalue weighted by atomic mass is 79.9. The molecule has 0 N–H and O–H groups in total. The van der Waals surface area contributed by atoms with Crippen LogP contribution in [-0.4, -0.2) is 37.3 Å². The number of rotatable bonds is 10. The zero-order chi connectivity index (χ0) is 27.4. The van der Waals surface area contributed by atoms with Gasteiger partial charge < -0.3 is 18.8 Å². The predicted octanol–water partition coefficient (Wildman–Crippen LogP) is 4.79. The second kappa shape index (κ2) is 12.2. The van der Waals surface area contributed by atoms with Crippen LogP contribution in [0.4, 0.5) is 5.88 Å². The molecule has 10 heteroatoms. The van der Waals surface area contributed by atoms with Gasteiger partial charge in [0.1, 0.15) is 17.6 Å². The van der Waals surface area contributed by atoms with Crippen LogP contribution >= 0.6 is 27.3 Å². The number of ether oxygens (including phenoxy) is 2. The second-order valence-corrected chi connectivity index (χ2v) is 10.6. The van der Waals surface area contributed by atoms with Crippen molar-refractivity contribution >= 4 is 45.2 Å². The van der Waals surface area contributed by atoms with Crippen LogP contribution in [0.15, 0.2) is 60.3 Å². The number of esters is 1. The Bertz CT molecular complexity index is 1530. The summed E-state index contributed by atoms with van der Waals surface area (Å²) >= 11 is 4.82. The summed E-state index contributed by atoms with van der Waals surface area (Å²) in [5.74, 6) is 1.39. The van der Waals surface area contributed by atoms with Crippen LogP contribution in [0.25, 0.3) is 6.08 Å². The highest BCUT2D eigenvalue weighted by Gasteiger charge is 2.36. The molecule has 4 rings (SSSR count). The van der Waals surface area contributed by atoms with Crippen LogP contribution in [0.3, 0.4) is 0 Å². The van der Waals surface area contributed by atoms with Gasteiger partial charge in [-0.15, -0.1) is 0 Å². The number of anilines is 1. The number of hydrogen-bond donors (Lipinski definition) is 0. The third-order valence-electron chi connectivity index (χ3n) is 6.34. The van der Waals surface area contributed by atoms with Crippen LogP contribution in [0, 0.1) is 0 Å². The van der Waals surface area contributed by atoms with Gasteiger partial charge in [0, 0.05) is 35.3 Å². The third-order valence-corrected chi connectivity index (χ3v) is 7.82. The van der Waals surface area contributed by atoms with Gasteiger partial charge in [-0.3, -0.25) is 9.36 Å². The molecule has 0 saturated heterocycles. The van der Waals surface area contributed by atoms with Crippen molar-refractivity contribution in [3.8, 4) is 5.75 Å². The Morgan fingerprint density at radius 2 is 1.97 bits per heavy atom. The van der Waals surface area contributed by atoms with E-state index in [1.165, 1.54) is 11.3 Å². The second-order valence-electron chi connectivity index (χ2n) is 8.65. The molecule has 0 amide bonds. The molecule has 0 saturated carbocycles. The van der Waals surface area contributed by atoms with Crippen molar-refractivity contribution in [2.24, 2.45) is 4.99 Å². The number of aromatic nitrogens is 1. The van der Waals surface area contributed by atoms with E-state index in [4.69, 9.17) is 18.9 Å². The van der Waals surface area contributed by atoms with E-state index in [1.807, 2.05) is 37.3 Å². The summed E-state index contributed by atoms with van der Waals surface area (Å²) in [5, 5.41) is 0. The molecule has 1 aliphatic rings. The van der Waals surface area contributed by atoms with E-state index >= 15 is 0 Å². The highest BCUT2D eigenvalue weighted by Crippen LogP contribution is 2.38. The maximum atomic E-state index is 13.9. The normalized spacial score (nSPS) is 15.3. The number of thiazole rings is 1. The first-order valence-corrected chi connectivity index (χ1v) is 14.4. The van der Waals surface area contributed by atoms with Crippen LogP contribution in [0.1, 0.15) is 57.9 Å². The van der Waals surface area contributed by atoms with Crippen molar-refractivity contribution in [1.82, 2.24) is 4.57 Å². The molecule has 0 unspecified atom stereocenters. The van der Waals surface area contributed by atoms with Crippen molar-refractivity contribution in [2.75, 3.05) is 31.7 Å². The summed E-state index contributed by atoms with van der Waals surface area (Å²) in [4.78, 5) is 34.7. The topological polar surface area (TPSA) is 86.3 Å². The van der Waals surface area contributed by atoms with Crippen LogP contribution in [0.2, 0.25) is 0 Å². The molecule has 8 nitrogen and oxygen atoms in total. The van der Waals surface area contributed by atoms with E-state index in [2.05, 4.69) is 34.7 Å². The first-order chi connectivity index (χ1) is 18.4. The molecule has 1 aromatic carbocycles. The third kappa shape index (κ3) is 5.37. The number of carbonyl (C=O) groups excluding carboxylic acids is 1. The summed E-state index contributed by atoms with van der Waals surface area (Å²) in [6, 6.07) is 8.55. The molecule has 3 heterocycles. The van der Waals surface area contributed by atoms with E-state index < -0.39 is 12.0 Å².